The van der Waals surface area contributed by atoms with Crippen LogP contribution in [-0.2, 0) is 10.0 Å². The van der Waals surface area contributed by atoms with Crippen molar-refractivity contribution in [3.8, 4) is 6.07 Å². The van der Waals surface area contributed by atoms with Gasteiger partial charge in [0.25, 0.3) is 15.9 Å². The number of hydrogen-bond acceptors (Lipinski definition) is 5. The third-order valence-electron chi connectivity index (χ3n) is 3.54. The number of nitrogens with one attached hydrogen (secondary N) is 2. The smallest absolute Gasteiger partial charge is 0.261 e. The Bertz CT molecular complexity index is 899. The Kier molecular flexibility index (Phi) is 6.33. The Hall–Kier alpha value is -2.89. The summed E-state index contributed by atoms with van der Waals surface area (Å²) in [6, 6.07) is 13.8. The van der Waals surface area contributed by atoms with Crippen LogP contribution in [0, 0.1) is 11.3 Å². The maximum Gasteiger partial charge on any atom is 0.261 e. The van der Waals surface area contributed by atoms with Crippen LogP contribution in [0.2, 0.25) is 0 Å². The van der Waals surface area contributed by atoms with Crippen LogP contribution in [0.5, 0.6) is 0 Å². The standard InChI is InChI=1S/C18H20N4O3S/c1-22(2)12-11-20-18(23)15-5-9-17(10-6-15)26(24,25)21-16-7-3-14(13-19)4-8-16/h3-10,21H,11-12H2,1-2H3,(H,20,23). The average molecular weight is 372 g/mol. The molecular formula is C18H20N4O3S. The minimum absolute atomic E-state index is 0.0479. The maximum absolute atomic E-state index is 12.4. The van der Waals surface area contributed by atoms with Gasteiger partial charge in [0, 0.05) is 24.3 Å². The lowest BCUT2D eigenvalue weighted by molar-refractivity contribution is 0.0951. The van der Waals surface area contributed by atoms with E-state index in [-0.39, 0.29) is 10.8 Å². The number of rotatable bonds is 7. The molecule has 0 atom stereocenters. The lowest BCUT2D eigenvalue weighted by Gasteiger charge is -2.11. The van der Waals surface area contributed by atoms with Gasteiger partial charge in [0.05, 0.1) is 16.5 Å². The summed E-state index contributed by atoms with van der Waals surface area (Å²) in [6.07, 6.45) is 0. The summed E-state index contributed by atoms with van der Waals surface area (Å²) in [5.41, 5.74) is 1.19. The van der Waals surface area contributed by atoms with Crippen molar-refractivity contribution in [2.24, 2.45) is 0 Å². The van der Waals surface area contributed by atoms with Crippen LogP contribution in [0.4, 0.5) is 5.69 Å². The molecule has 2 N–H and O–H groups in total. The molecule has 26 heavy (non-hydrogen) atoms. The molecule has 0 unspecified atom stereocenters. The molecule has 0 aliphatic heterocycles. The summed E-state index contributed by atoms with van der Waals surface area (Å²) >= 11 is 0. The van der Waals surface area contributed by atoms with Gasteiger partial charge in [0.1, 0.15) is 0 Å². The molecule has 0 saturated heterocycles. The van der Waals surface area contributed by atoms with Crippen LogP contribution < -0.4 is 10.0 Å². The minimum Gasteiger partial charge on any atom is -0.351 e. The van der Waals surface area contributed by atoms with Crippen molar-refractivity contribution >= 4 is 21.6 Å². The number of carbonyl (C=O) groups excluding carboxylic acids is 1. The molecule has 0 spiro atoms. The van der Waals surface area contributed by atoms with E-state index in [0.29, 0.717) is 29.9 Å². The summed E-state index contributed by atoms with van der Waals surface area (Å²) < 4.78 is 27.2. The Balaban J connectivity index is 2.05. The molecule has 0 bridgehead atoms. The van der Waals surface area contributed by atoms with E-state index in [0.717, 1.165) is 0 Å². The molecule has 2 rings (SSSR count). The van der Waals surface area contributed by atoms with Gasteiger partial charge in [-0.25, -0.2) is 8.42 Å². The Morgan fingerprint density at radius 1 is 1.08 bits per heavy atom. The fourth-order valence-corrected chi connectivity index (χ4v) is 3.17. The van der Waals surface area contributed by atoms with Crippen LogP contribution in [0.1, 0.15) is 15.9 Å². The molecule has 0 heterocycles. The molecule has 0 aromatic heterocycles. The maximum atomic E-state index is 12.4. The number of hydrogen-bond donors (Lipinski definition) is 2. The summed E-state index contributed by atoms with van der Waals surface area (Å²) in [6.45, 7) is 1.22. The van der Waals surface area contributed by atoms with E-state index in [4.69, 9.17) is 5.26 Å². The fraction of sp³-hybridized carbons (Fsp3) is 0.222. The van der Waals surface area contributed by atoms with Gasteiger partial charge < -0.3 is 10.2 Å². The SMILES string of the molecule is CN(C)CCNC(=O)c1ccc(S(=O)(=O)Nc2ccc(C#N)cc2)cc1. The minimum atomic E-state index is -3.77. The summed E-state index contributed by atoms with van der Waals surface area (Å²) in [7, 11) is 0.0440. The highest BCUT2D eigenvalue weighted by Crippen LogP contribution is 2.17. The number of nitrogens with zero attached hydrogens (tertiary/aromatic N) is 2. The monoisotopic (exact) mass is 372 g/mol. The number of nitriles is 1. The zero-order valence-electron chi connectivity index (χ0n) is 14.6. The molecule has 2 aromatic carbocycles. The van der Waals surface area contributed by atoms with Crippen molar-refractivity contribution in [1.29, 1.82) is 5.26 Å². The van der Waals surface area contributed by atoms with Crippen molar-refractivity contribution in [1.82, 2.24) is 10.2 Å². The van der Waals surface area contributed by atoms with Crippen LogP contribution in [0.25, 0.3) is 0 Å². The zero-order chi connectivity index (χ0) is 19.2. The highest BCUT2D eigenvalue weighted by atomic mass is 32.2. The number of amides is 1. The molecule has 0 aliphatic carbocycles. The van der Waals surface area contributed by atoms with Crippen molar-refractivity contribution < 1.29 is 13.2 Å². The summed E-state index contributed by atoms with van der Waals surface area (Å²) in [4.78, 5) is 14.0. The van der Waals surface area contributed by atoms with Crippen LogP contribution >= 0.6 is 0 Å². The second-order valence-electron chi connectivity index (χ2n) is 5.88. The first-order chi connectivity index (χ1) is 12.3. The molecule has 1 amide bonds. The number of carbonyl (C=O) groups is 1. The van der Waals surface area contributed by atoms with Gasteiger partial charge in [0.2, 0.25) is 0 Å². The Morgan fingerprint density at radius 2 is 1.69 bits per heavy atom. The Morgan fingerprint density at radius 3 is 2.23 bits per heavy atom. The largest absolute Gasteiger partial charge is 0.351 e. The highest BCUT2D eigenvalue weighted by Gasteiger charge is 2.15. The molecular weight excluding hydrogens is 352 g/mol. The second kappa shape index (κ2) is 8.47. The second-order valence-corrected chi connectivity index (χ2v) is 7.56. The van der Waals surface area contributed by atoms with E-state index in [1.807, 2.05) is 25.1 Å². The van der Waals surface area contributed by atoms with E-state index in [1.165, 1.54) is 48.5 Å². The van der Waals surface area contributed by atoms with Crippen molar-refractivity contribution in [2.45, 2.75) is 4.90 Å². The van der Waals surface area contributed by atoms with Gasteiger partial charge in [-0.15, -0.1) is 0 Å². The highest BCUT2D eigenvalue weighted by molar-refractivity contribution is 7.92. The van der Waals surface area contributed by atoms with Crippen LogP contribution in [0.3, 0.4) is 0 Å². The van der Waals surface area contributed by atoms with Gasteiger partial charge in [-0.2, -0.15) is 5.26 Å². The molecule has 8 heteroatoms. The zero-order valence-corrected chi connectivity index (χ0v) is 15.4. The third-order valence-corrected chi connectivity index (χ3v) is 4.93. The van der Waals surface area contributed by atoms with E-state index < -0.39 is 10.0 Å². The number of likely N-dealkylation sites (N-methyl/N-ethyl adjacent to an activating group) is 1. The van der Waals surface area contributed by atoms with Crippen LogP contribution in [0.15, 0.2) is 53.4 Å². The summed E-state index contributed by atoms with van der Waals surface area (Å²) in [5, 5.41) is 11.5. The van der Waals surface area contributed by atoms with E-state index in [1.54, 1.807) is 0 Å². The van der Waals surface area contributed by atoms with E-state index >= 15 is 0 Å². The number of anilines is 1. The molecule has 136 valence electrons. The Labute approximate surface area is 153 Å². The van der Waals surface area contributed by atoms with E-state index in [2.05, 4.69) is 10.0 Å². The normalized spacial score (nSPS) is 11.0. The summed E-state index contributed by atoms with van der Waals surface area (Å²) in [5.74, 6) is -0.254. The first-order valence-corrected chi connectivity index (χ1v) is 9.36. The van der Waals surface area contributed by atoms with Gasteiger partial charge >= 0.3 is 0 Å². The van der Waals surface area contributed by atoms with Gasteiger partial charge in [0.15, 0.2) is 0 Å². The average Bonchev–Trinajstić information content (AvgIpc) is 2.62. The number of sulfonamides is 1. The molecule has 0 saturated carbocycles. The molecule has 0 aliphatic rings. The lowest BCUT2D eigenvalue weighted by Crippen LogP contribution is -2.31. The molecule has 0 radical (unpaired) electrons. The van der Waals surface area contributed by atoms with E-state index in [9.17, 15) is 13.2 Å². The lowest BCUT2D eigenvalue weighted by atomic mass is 10.2. The van der Waals surface area contributed by atoms with Crippen LogP contribution in [-0.4, -0.2) is 46.4 Å². The van der Waals surface area contributed by atoms with Crippen molar-refractivity contribution in [3.63, 3.8) is 0 Å². The molecule has 2 aromatic rings. The van der Waals surface area contributed by atoms with Gasteiger partial charge in [-0.3, -0.25) is 9.52 Å². The quantitative estimate of drug-likeness (QED) is 0.769. The molecule has 7 nitrogen and oxygen atoms in total. The van der Waals surface area contributed by atoms with Gasteiger partial charge in [-0.1, -0.05) is 0 Å². The fourth-order valence-electron chi connectivity index (χ4n) is 2.11. The first kappa shape index (κ1) is 19.4. The first-order valence-electron chi connectivity index (χ1n) is 7.88. The van der Waals surface area contributed by atoms with Crippen molar-refractivity contribution in [3.05, 3.63) is 59.7 Å². The third kappa shape index (κ3) is 5.31. The van der Waals surface area contributed by atoms with Crippen molar-refractivity contribution in [2.75, 3.05) is 31.9 Å². The van der Waals surface area contributed by atoms with Gasteiger partial charge in [-0.05, 0) is 62.6 Å². The predicted octanol–water partition coefficient (Wildman–Crippen LogP) is 1.65. The number of benzene rings is 2. The molecule has 0 fully saturated rings. The predicted molar refractivity (Wildman–Crippen MR) is 99.3 cm³/mol. The topological polar surface area (TPSA) is 102 Å².